The standard InChI is InChI=1S/C25H30ClN3O3/c1-24(2,3)18-6-8-19(9-7-18)27-23(30)29-13-11-25(12-14-29)16-21(28-32-25)17-5-10-20(26)22(15-17)31-4/h5-10,15-16,28H,11-14H2,1-4H3,(H,27,30). The highest BCUT2D eigenvalue weighted by atomic mass is 35.5. The highest BCUT2D eigenvalue weighted by molar-refractivity contribution is 6.32. The molecule has 2 N–H and O–H groups in total. The molecule has 0 bridgehead atoms. The van der Waals surface area contributed by atoms with Gasteiger partial charge in [0.2, 0.25) is 0 Å². The van der Waals surface area contributed by atoms with Gasteiger partial charge in [0.25, 0.3) is 0 Å². The number of urea groups is 1. The number of methoxy groups -OCH3 is 1. The highest BCUT2D eigenvalue weighted by Gasteiger charge is 2.40. The van der Waals surface area contributed by atoms with Crippen molar-refractivity contribution in [2.45, 2.75) is 44.6 Å². The summed E-state index contributed by atoms with van der Waals surface area (Å²) in [5.74, 6) is 0.620. The van der Waals surface area contributed by atoms with Crippen LogP contribution < -0.4 is 15.5 Å². The third-order valence-corrected chi connectivity index (χ3v) is 6.45. The van der Waals surface area contributed by atoms with Gasteiger partial charge in [-0.3, -0.25) is 10.3 Å². The molecule has 0 aromatic heterocycles. The summed E-state index contributed by atoms with van der Waals surface area (Å²) < 4.78 is 5.32. The summed E-state index contributed by atoms with van der Waals surface area (Å²) in [6.07, 6.45) is 3.53. The van der Waals surface area contributed by atoms with Gasteiger partial charge in [-0.05, 0) is 41.3 Å². The molecule has 2 aliphatic heterocycles. The summed E-state index contributed by atoms with van der Waals surface area (Å²) in [7, 11) is 1.60. The van der Waals surface area contributed by atoms with E-state index in [0.717, 1.165) is 16.9 Å². The average Bonchev–Trinajstić information content (AvgIpc) is 3.17. The Morgan fingerprint density at radius 1 is 1.16 bits per heavy atom. The van der Waals surface area contributed by atoms with Crippen LogP contribution in [0.15, 0.2) is 48.5 Å². The number of piperidine rings is 1. The van der Waals surface area contributed by atoms with Gasteiger partial charge in [-0.15, -0.1) is 0 Å². The van der Waals surface area contributed by atoms with Crippen molar-refractivity contribution in [3.05, 3.63) is 64.7 Å². The van der Waals surface area contributed by atoms with Crippen LogP contribution >= 0.6 is 11.6 Å². The van der Waals surface area contributed by atoms with Crippen molar-refractivity contribution in [3.8, 4) is 5.75 Å². The maximum atomic E-state index is 12.8. The van der Waals surface area contributed by atoms with E-state index in [1.54, 1.807) is 7.11 Å². The Labute approximate surface area is 194 Å². The molecule has 1 fully saturated rings. The van der Waals surface area contributed by atoms with Gasteiger partial charge >= 0.3 is 6.03 Å². The van der Waals surface area contributed by atoms with Gasteiger partial charge in [-0.1, -0.05) is 50.6 Å². The van der Waals surface area contributed by atoms with Crippen molar-refractivity contribution < 1.29 is 14.4 Å². The molecule has 1 spiro atoms. The van der Waals surface area contributed by atoms with Crippen molar-refractivity contribution in [1.29, 1.82) is 0 Å². The van der Waals surface area contributed by atoms with E-state index in [2.05, 4.69) is 49.8 Å². The first-order valence-corrected chi connectivity index (χ1v) is 11.2. The number of ether oxygens (including phenoxy) is 1. The van der Waals surface area contributed by atoms with Crippen LogP contribution in [0.2, 0.25) is 5.02 Å². The van der Waals surface area contributed by atoms with E-state index in [9.17, 15) is 4.79 Å². The molecule has 2 aromatic rings. The van der Waals surface area contributed by atoms with Crippen molar-refractivity contribution in [1.82, 2.24) is 10.4 Å². The molecular formula is C25H30ClN3O3. The molecule has 0 saturated carbocycles. The van der Waals surface area contributed by atoms with Crippen LogP contribution in [0, 0.1) is 0 Å². The number of likely N-dealkylation sites (tertiary alicyclic amines) is 1. The van der Waals surface area contributed by atoms with Gasteiger partial charge in [0.15, 0.2) is 0 Å². The zero-order valence-corrected chi connectivity index (χ0v) is 19.8. The molecule has 0 unspecified atom stereocenters. The molecule has 0 aliphatic carbocycles. The number of benzene rings is 2. The van der Waals surface area contributed by atoms with Gasteiger partial charge in [0.1, 0.15) is 11.4 Å². The van der Waals surface area contributed by atoms with E-state index in [-0.39, 0.29) is 11.4 Å². The van der Waals surface area contributed by atoms with Gasteiger partial charge in [-0.25, -0.2) is 4.79 Å². The number of rotatable bonds is 3. The lowest BCUT2D eigenvalue weighted by Crippen LogP contribution is -2.48. The lowest BCUT2D eigenvalue weighted by Gasteiger charge is -2.36. The molecule has 2 heterocycles. The Kier molecular flexibility index (Phi) is 6.10. The number of hydrogen-bond acceptors (Lipinski definition) is 4. The van der Waals surface area contributed by atoms with Crippen LogP contribution in [0.5, 0.6) is 5.75 Å². The summed E-state index contributed by atoms with van der Waals surface area (Å²) in [6, 6.07) is 13.6. The molecule has 32 heavy (non-hydrogen) atoms. The molecule has 170 valence electrons. The maximum Gasteiger partial charge on any atom is 0.321 e. The molecule has 6 nitrogen and oxygen atoms in total. The van der Waals surface area contributed by atoms with E-state index in [0.29, 0.717) is 36.7 Å². The fourth-order valence-electron chi connectivity index (χ4n) is 4.04. The number of halogens is 1. The fraction of sp³-hybridized carbons (Fsp3) is 0.400. The van der Waals surface area contributed by atoms with E-state index in [1.807, 2.05) is 35.2 Å². The largest absolute Gasteiger partial charge is 0.495 e. The van der Waals surface area contributed by atoms with Crippen LogP contribution in [-0.2, 0) is 10.3 Å². The van der Waals surface area contributed by atoms with E-state index < -0.39 is 5.60 Å². The predicted octanol–water partition coefficient (Wildman–Crippen LogP) is 5.59. The first-order valence-electron chi connectivity index (χ1n) is 10.9. The highest BCUT2D eigenvalue weighted by Crippen LogP contribution is 2.36. The topological polar surface area (TPSA) is 62.8 Å². The second-order valence-electron chi connectivity index (χ2n) is 9.42. The van der Waals surface area contributed by atoms with Crippen LogP contribution in [0.3, 0.4) is 0 Å². The number of hydrogen-bond donors (Lipinski definition) is 2. The second-order valence-corrected chi connectivity index (χ2v) is 9.83. The zero-order chi connectivity index (χ0) is 22.9. The van der Waals surface area contributed by atoms with Crippen LogP contribution in [0.25, 0.3) is 5.70 Å². The average molecular weight is 456 g/mol. The first-order chi connectivity index (χ1) is 15.2. The van der Waals surface area contributed by atoms with Gasteiger partial charge in [-0.2, -0.15) is 0 Å². The van der Waals surface area contributed by atoms with Crippen molar-refractivity contribution in [3.63, 3.8) is 0 Å². The lowest BCUT2D eigenvalue weighted by atomic mass is 9.87. The molecule has 1 saturated heterocycles. The van der Waals surface area contributed by atoms with Crippen LogP contribution in [0.1, 0.15) is 44.7 Å². The maximum absolute atomic E-state index is 12.8. The third-order valence-electron chi connectivity index (χ3n) is 6.13. The summed E-state index contributed by atoms with van der Waals surface area (Å²) >= 11 is 6.14. The number of nitrogens with zero attached hydrogens (tertiary/aromatic N) is 1. The Morgan fingerprint density at radius 2 is 1.84 bits per heavy atom. The summed E-state index contributed by atoms with van der Waals surface area (Å²) in [4.78, 5) is 20.6. The molecular weight excluding hydrogens is 426 g/mol. The number of hydroxylamine groups is 1. The van der Waals surface area contributed by atoms with E-state index in [4.69, 9.17) is 21.2 Å². The molecule has 2 aromatic carbocycles. The number of anilines is 1. The lowest BCUT2D eigenvalue weighted by molar-refractivity contribution is -0.0634. The second kappa shape index (κ2) is 8.68. The Balaban J connectivity index is 1.37. The molecule has 0 atom stereocenters. The van der Waals surface area contributed by atoms with Gasteiger partial charge in [0.05, 0.1) is 17.8 Å². The minimum absolute atomic E-state index is 0.0824. The normalized spacial score (nSPS) is 17.7. The fourth-order valence-corrected chi connectivity index (χ4v) is 4.23. The smallest absolute Gasteiger partial charge is 0.321 e. The van der Waals surface area contributed by atoms with Crippen molar-refractivity contribution >= 4 is 29.0 Å². The molecule has 4 rings (SSSR count). The Hall–Kier alpha value is -2.70. The monoisotopic (exact) mass is 455 g/mol. The summed E-state index contributed by atoms with van der Waals surface area (Å²) in [5, 5.41) is 3.58. The first kappa shape index (κ1) is 22.5. The Bertz CT molecular complexity index is 1020. The number of carbonyl (C=O) groups excluding carboxylic acids is 1. The number of nitrogens with one attached hydrogen (secondary N) is 2. The summed E-state index contributed by atoms with van der Waals surface area (Å²) in [5.41, 5.74) is 6.59. The van der Waals surface area contributed by atoms with E-state index >= 15 is 0 Å². The van der Waals surface area contributed by atoms with Crippen LogP contribution in [0.4, 0.5) is 10.5 Å². The Morgan fingerprint density at radius 3 is 2.47 bits per heavy atom. The molecule has 0 radical (unpaired) electrons. The number of carbonyl (C=O) groups is 1. The number of amides is 2. The van der Waals surface area contributed by atoms with Gasteiger partial charge < -0.3 is 15.0 Å². The minimum atomic E-state index is -0.423. The van der Waals surface area contributed by atoms with Gasteiger partial charge in [0, 0.05) is 37.2 Å². The third kappa shape index (κ3) is 4.71. The summed E-state index contributed by atoms with van der Waals surface area (Å²) in [6.45, 7) is 7.75. The minimum Gasteiger partial charge on any atom is -0.495 e. The van der Waals surface area contributed by atoms with E-state index in [1.165, 1.54) is 5.56 Å². The SMILES string of the molecule is COc1cc(C2=CC3(CCN(C(=O)Nc4ccc(C(C)(C)C)cc4)CC3)ON2)ccc1Cl. The molecule has 2 amide bonds. The van der Waals surface area contributed by atoms with Crippen molar-refractivity contribution in [2.75, 3.05) is 25.5 Å². The predicted molar refractivity (Wildman–Crippen MR) is 128 cm³/mol. The molecule has 2 aliphatic rings. The van der Waals surface area contributed by atoms with Crippen molar-refractivity contribution in [2.24, 2.45) is 0 Å². The van der Waals surface area contributed by atoms with Crippen LogP contribution in [-0.4, -0.2) is 36.7 Å². The quantitative estimate of drug-likeness (QED) is 0.633. The zero-order valence-electron chi connectivity index (χ0n) is 19.0. The molecule has 7 heteroatoms.